The molecule has 0 saturated carbocycles. The number of hydrogen-bond acceptors (Lipinski definition) is 1. The molecule has 0 atom stereocenters. The second-order valence-electron chi connectivity index (χ2n) is 18.2. The van der Waals surface area contributed by atoms with Gasteiger partial charge in [0.15, 0.2) is 0 Å². The van der Waals surface area contributed by atoms with E-state index in [-0.39, 0.29) is 0 Å². The fourth-order valence-corrected chi connectivity index (χ4v) is 32.4. The van der Waals surface area contributed by atoms with Crippen LogP contribution in [0.4, 0.5) is 17.1 Å². The van der Waals surface area contributed by atoms with E-state index >= 15 is 0 Å². The van der Waals surface area contributed by atoms with Crippen molar-refractivity contribution in [2.45, 2.75) is 174 Å². The van der Waals surface area contributed by atoms with Crippen LogP contribution in [0.15, 0.2) is 72.8 Å². The van der Waals surface area contributed by atoms with Crippen molar-refractivity contribution in [3.8, 4) is 0 Å². The molecular weight excluding hydrogens is 639 g/mol. The van der Waals surface area contributed by atoms with Crippen molar-refractivity contribution in [1.29, 1.82) is 0 Å². The summed E-state index contributed by atoms with van der Waals surface area (Å²) in [7, 11) is -5.25. The molecule has 4 heteroatoms. The third-order valence-electron chi connectivity index (χ3n) is 13.5. The van der Waals surface area contributed by atoms with Gasteiger partial charge >= 0.3 is 0 Å². The van der Waals surface area contributed by atoms with E-state index in [1.165, 1.54) is 17.1 Å². The van der Waals surface area contributed by atoms with Crippen molar-refractivity contribution >= 4 is 56.8 Å². The van der Waals surface area contributed by atoms with E-state index in [9.17, 15) is 0 Å². The number of rotatable bonds is 15. The maximum Gasteiger partial charge on any atom is 0.0942 e. The van der Waals surface area contributed by atoms with Gasteiger partial charge in [-0.3, -0.25) is 0 Å². The van der Waals surface area contributed by atoms with Crippen LogP contribution in [0.2, 0.25) is 49.9 Å². The molecule has 0 fully saturated rings. The monoisotopic (exact) mass is 714 g/mol. The van der Waals surface area contributed by atoms with Crippen LogP contribution in [0, 0.1) is 0 Å². The van der Waals surface area contributed by atoms with Gasteiger partial charge in [0.25, 0.3) is 0 Å². The van der Waals surface area contributed by atoms with Crippen LogP contribution in [0.1, 0.15) is 125 Å². The van der Waals surface area contributed by atoms with Gasteiger partial charge in [-0.15, -0.1) is 0 Å². The number of benzene rings is 3. The van der Waals surface area contributed by atoms with Crippen LogP contribution in [-0.2, 0) is 0 Å². The molecule has 0 amide bonds. The molecular formula is C45H75NSi3. The molecule has 0 heterocycles. The van der Waals surface area contributed by atoms with Crippen molar-refractivity contribution in [3.05, 3.63) is 72.8 Å². The first kappa shape index (κ1) is 41.5. The van der Waals surface area contributed by atoms with Crippen LogP contribution < -0.4 is 20.5 Å². The molecule has 0 radical (unpaired) electrons. The van der Waals surface area contributed by atoms with Gasteiger partial charge in [-0.2, -0.15) is 0 Å². The second kappa shape index (κ2) is 16.2. The van der Waals surface area contributed by atoms with Gasteiger partial charge in [-0.25, -0.2) is 0 Å². The predicted octanol–water partition coefficient (Wildman–Crippen LogP) is 13.8. The lowest BCUT2D eigenvalue weighted by molar-refractivity contribution is 0.835. The SMILES string of the molecule is CC(C)[Si](c1ccc(N(c2ccc([Si](C(C)C)(C(C)C)C(C)C)cc2)c2ccc([Si](C(C)C)(C(C)C)C(C)C)cc2)cc1)(C(C)C)C(C)C. The third-order valence-corrected chi connectivity index (χ3v) is 34.7. The normalized spacial score (nSPS) is 13.5. The summed E-state index contributed by atoms with van der Waals surface area (Å²) in [6.07, 6.45) is 0. The molecule has 0 unspecified atom stereocenters. The molecule has 0 N–H and O–H groups in total. The van der Waals surface area contributed by atoms with Gasteiger partial charge < -0.3 is 4.90 Å². The maximum atomic E-state index is 2.52. The van der Waals surface area contributed by atoms with Crippen LogP contribution in [0.3, 0.4) is 0 Å². The Bertz CT molecular complexity index is 1200. The summed E-state index contributed by atoms with van der Waals surface area (Å²) in [5, 5.41) is 4.81. The van der Waals surface area contributed by atoms with Crippen molar-refractivity contribution in [2.24, 2.45) is 0 Å². The lowest BCUT2D eigenvalue weighted by Gasteiger charge is -2.44. The highest BCUT2D eigenvalue weighted by atomic mass is 28.3. The maximum absolute atomic E-state index is 2.52. The Morgan fingerprint density at radius 1 is 0.265 bits per heavy atom. The van der Waals surface area contributed by atoms with Crippen molar-refractivity contribution in [2.75, 3.05) is 4.90 Å². The highest BCUT2D eigenvalue weighted by molar-refractivity contribution is 6.96. The van der Waals surface area contributed by atoms with Crippen LogP contribution >= 0.6 is 0 Å². The van der Waals surface area contributed by atoms with Crippen LogP contribution in [-0.4, -0.2) is 24.2 Å². The van der Waals surface area contributed by atoms with E-state index in [1.807, 2.05) is 0 Å². The Labute approximate surface area is 307 Å². The zero-order valence-corrected chi connectivity index (χ0v) is 38.1. The highest BCUT2D eigenvalue weighted by Crippen LogP contribution is 2.45. The fraction of sp³-hybridized carbons (Fsp3) is 0.600. The summed E-state index contributed by atoms with van der Waals surface area (Å²) < 4.78 is 0. The third kappa shape index (κ3) is 7.14. The number of hydrogen-bond donors (Lipinski definition) is 0. The summed E-state index contributed by atoms with van der Waals surface area (Å²) in [6.45, 7) is 44.5. The first-order valence-corrected chi connectivity index (χ1v) is 26.6. The zero-order chi connectivity index (χ0) is 37.2. The Kier molecular flexibility index (Phi) is 13.7. The van der Waals surface area contributed by atoms with Gasteiger partial charge in [0.1, 0.15) is 0 Å². The molecule has 49 heavy (non-hydrogen) atoms. The average molecular weight is 714 g/mol. The molecule has 0 aromatic heterocycles. The Morgan fingerprint density at radius 3 is 0.531 bits per heavy atom. The van der Waals surface area contributed by atoms with Crippen LogP contribution in [0.25, 0.3) is 0 Å². The Morgan fingerprint density at radius 2 is 0.408 bits per heavy atom. The molecule has 0 aliphatic carbocycles. The molecule has 3 rings (SSSR count). The van der Waals surface area contributed by atoms with Crippen molar-refractivity contribution in [1.82, 2.24) is 0 Å². The van der Waals surface area contributed by atoms with Gasteiger partial charge in [-0.1, -0.05) is 177 Å². The molecule has 0 spiro atoms. The van der Waals surface area contributed by atoms with E-state index < -0.39 is 24.2 Å². The summed E-state index contributed by atoms with van der Waals surface area (Å²) >= 11 is 0. The number of nitrogens with zero attached hydrogens (tertiary/aromatic N) is 1. The molecule has 272 valence electrons. The standard InChI is InChI=1S/C45H75NSi3/c1-31(2)47(32(3)4,33(5)6)43-25-19-40(20-26-43)46(41-21-27-44(28-22-41)48(34(7)8,35(9)10)36(11)12)42-23-29-45(30-24-42)49(37(13)14,38(15)16)39(17)18/h19-39H,1-18H3. The summed E-state index contributed by atoms with van der Waals surface area (Å²) in [5.74, 6) is 0. The lowest BCUT2D eigenvalue weighted by atomic mass is 10.2. The topological polar surface area (TPSA) is 3.24 Å². The van der Waals surface area contributed by atoms with Crippen LogP contribution in [0.5, 0.6) is 0 Å². The zero-order valence-electron chi connectivity index (χ0n) is 35.1. The van der Waals surface area contributed by atoms with Crippen molar-refractivity contribution < 1.29 is 0 Å². The fourth-order valence-electron chi connectivity index (χ4n) is 12.1. The van der Waals surface area contributed by atoms with Gasteiger partial charge in [0, 0.05) is 17.1 Å². The van der Waals surface area contributed by atoms with Crippen molar-refractivity contribution in [3.63, 3.8) is 0 Å². The first-order valence-electron chi connectivity index (χ1n) is 19.9. The molecule has 3 aromatic rings. The van der Waals surface area contributed by atoms with E-state index in [0.717, 1.165) is 0 Å². The van der Waals surface area contributed by atoms with E-state index in [1.54, 1.807) is 15.6 Å². The van der Waals surface area contributed by atoms with Gasteiger partial charge in [0.2, 0.25) is 0 Å². The Balaban J connectivity index is 2.28. The second-order valence-corrected chi connectivity index (χ2v) is 35.9. The molecule has 0 bridgehead atoms. The average Bonchev–Trinajstić information content (AvgIpc) is 2.99. The minimum atomic E-state index is -1.75. The lowest BCUT2D eigenvalue weighted by Crippen LogP contribution is -2.55. The molecule has 1 nitrogen and oxygen atoms in total. The van der Waals surface area contributed by atoms with Gasteiger partial charge in [-0.05, 0) is 86.3 Å². The molecule has 0 aliphatic heterocycles. The van der Waals surface area contributed by atoms with E-state index in [0.29, 0.717) is 49.9 Å². The molecule has 0 saturated heterocycles. The smallest absolute Gasteiger partial charge is 0.0942 e. The first-order chi connectivity index (χ1) is 22.8. The largest absolute Gasteiger partial charge is 0.311 e. The molecule has 3 aromatic carbocycles. The minimum absolute atomic E-state index is 0.689. The summed E-state index contributed by atoms with van der Waals surface area (Å²) in [4.78, 5) is 2.52. The van der Waals surface area contributed by atoms with Gasteiger partial charge in [0.05, 0.1) is 24.2 Å². The quantitative estimate of drug-likeness (QED) is 0.142. The van der Waals surface area contributed by atoms with E-state index in [4.69, 9.17) is 0 Å². The summed E-state index contributed by atoms with van der Waals surface area (Å²) in [6, 6.07) is 29.6. The minimum Gasteiger partial charge on any atom is -0.311 e. The Hall–Kier alpha value is -1.89. The molecule has 0 aliphatic rings. The summed E-state index contributed by atoms with van der Waals surface area (Å²) in [5.41, 5.74) is 9.96. The highest BCUT2D eigenvalue weighted by Gasteiger charge is 2.46. The number of anilines is 3. The van der Waals surface area contributed by atoms with E-state index in [2.05, 4.69) is 202 Å². The predicted molar refractivity (Wildman–Crippen MR) is 233 cm³/mol.